The molecule has 0 fully saturated rings. The van der Waals surface area contributed by atoms with Crippen LogP contribution in [0.5, 0.6) is 11.5 Å². The number of aliphatic carboxylic acids is 1. The van der Waals surface area contributed by atoms with Crippen molar-refractivity contribution in [2.24, 2.45) is 0 Å². The van der Waals surface area contributed by atoms with Crippen LogP contribution in [0.2, 0.25) is 0 Å². The lowest BCUT2D eigenvalue weighted by molar-refractivity contribution is -0.136. The van der Waals surface area contributed by atoms with Gasteiger partial charge in [0.05, 0.1) is 20.3 Å². The van der Waals surface area contributed by atoms with E-state index in [9.17, 15) is 19.1 Å². The van der Waals surface area contributed by atoms with E-state index < -0.39 is 23.5 Å². The van der Waals surface area contributed by atoms with Crippen molar-refractivity contribution in [1.29, 1.82) is 0 Å². The molecular weight excluding hydrogens is 369 g/mol. The van der Waals surface area contributed by atoms with Gasteiger partial charge < -0.3 is 24.6 Å². The quantitative estimate of drug-likeness (QED) is 0.532. The van der Waals surface area contributed by atoms with Gasteiger partial charge in [-0.3, -0.25) is 4.79 Å². The van der Waals surface area contributed by atoms with Gasteiger partial charge in [0.2, 0.25) is 5.76 Å². The molecular formula is C20H20FNO6. The summed E-state index contributed by atoms with van der Waals surface area (Å²) in [6.45, 7) is 0.129. The number of aliphatic hydroxyl groups is 1. The highest BCUT2D eigenvalue weighted by Crippen LogP contribution is 2.26. The molecule has 7 nitrogen and oxygen atoms in total. The molecule has 2 rings (SSSR count). The van der Waals surface area contributed by atoms with E-state index in [1.807, 2.05) is 0 Å². The van der Waals surface area contributed by atoms with Gasteiger partial charge in [-0.25, -0.2) is 9.18 Å². The van der Waals surface area contributed by atoms with Crippen LogP contribution in [0.3, 0.4) is 0 Å². The summed E-state index contributed by atoms with van der Waals surface area (Å²) in [7, 11) is 2.98. The Labute approximate surface area is 161 Å². The Kier molecular flexibility index (Phi) is 6.97. The van der Waals surface area contributed by atoms with E-state index in [0.717, 1.165) is 0 Å². The fourth-order valence-electron chi connectivity index (χ4n) is 2.48. The maximum Gasteiger partial charge on any atom is 0.371 e. The van der Waals surface area contributed by atoms with E-state index in [4.69, 9.17) is 14.6 Å². The highest BCUT2D eigenvalue weighted by atomic mass is 19.1. The molecule has 0 radical (unpaired) electrons. The first-order chi connectivity index (χ1) is 13.3. The van der Waals surface area contributed by atoms with Gasteiger partial charge in [-0.1, -0.05) is 12.1 Å². The minimum atomic E-state index is -1.61. The molecule has 1 amide bonds. The molecule has 0 spiro atoms. The van der Waals surface area contributed by atoms with E-state index >= 15 is 0 Å². The number of carbonyl (C=O) groups excluding carboxylic acids is 1. The van der Waals surface area contributed by atoms with Gasteiger partial charge in [0, 0.05) is 24.7 Å². The highest BCUT2D eigenvalue weighted by molar-refractivity contribution is 5.96. The molecule has 2 aromatic carbocycles. The molecule has 0 saturated heterocycles. The lowest BCUT2D eigenvalue weighted by atomic mass is 10.1. The van der Waals surface area contributed by atoms with Crippen molar-refractivity contribution < 1.29 is 33.7 Å². The zero-order valence-electron chi connectivity index (χ0n) is 15.4. The van der Waals surface area contributed by atoms with E-state index in [1.165, 1.54) is 43.4 Å². The number of nitrogens with zero attached hydrogens (tertiary/aromatic N) is 1. The van der Waals surface area contributed by atoms with Crippen molar-refractivity contribution in [3.05, 3.63) is 71.2 Å². The number of amides is 1. The average molecular weight is 389 g/mol. The Morgan fingerprint density at radius 3 is 2.29 bits per heavy atom. The molecule has 0 aliphatic carbocycles. The van der Waals surface area contributed by atoms with Crippen molar-refractivity contribution in [3.63, 3.8) is 0 Å². The Morgan fingerprint density at radius 1 is 1.04 bits per heavy atom. The predicted octanol–water partition coefficient (Wildman–Crippen LogP) is 2.90. The van der Waals surface area contributed by atoms with Crippen LogP contribution in [0.1, 0.15) is 11.1 Å². The molecule has 0 bridgehead atoms. The largest absolute Gasteiger partial charge is 0.502 e. The van der Waals surface area contributed by atoms with Crippen LogP contribution < -0.4 is 9.47 Å². The van der Waals surface area contributed by atoms with E-state index in [1.54, 1.807) is 18.2 Å². The monoisotopic (exact) mass is 389 g/mol. The minimum absolute atomic E-state index is 0.0623. The molecule has 28 heavy (non-hydrogen) atoms. The molecule has 148 valence electrons. The summed E-state index contributed by atoms with van der Waals surface area (Å²) in [5.74, 6) is -2.78. The number of carboxylic acid groups (broad SMARTS) is 1. The Morgan fingerprint density at radius 2 is 1.71 bits per heavy atom. The van der Waals surface area contributed by atoms with Gasteiger partial charge in [-0.2, -0.15) is 0 Å². The van der Waals surface area contributed by atoms with Gasteiger partial charge in [0.15, 0.2) is 0 Å². The summed E-state index contributed by atoms with van der Waals surface area (Å²) in [5.41, 5.74) is 1.27. The Hall–Kier alpha value is -3.55. The SMILES string of the molecule is COc1ccc(CN(Cc2ccc(F)cc2)C(=O)/C=C(\O)C(=O)O)c(OC)c1. The van der Waals surface area contributed by atoms with Gasteiger partial charge >= 0.3 is 5.97 Å². The van der Waals surface area contributed by atoms with Crippen molar-refractivity contribution in [1.82, 2.24) is 4.90 Å². The van der Waals surface area contributed by atoms with Gasteiger partial charge in [0.25, 0.3) is 5.91 Å². The molecule has 0 atom stereocenters. The summed E-state index contributed by atoms with van der Waals surface area (Å²) >= 11 is 0. The molecule has 0 aromatic heterocycles. The minimum Gasteiger partial charge on any atom is -0.502 e. The third-order valence-electron chi connectivity index (χ3n) is 3.93. The summed E-state index contributed by atoms with van der Waals surface area (Å²) in [6, 6.07) is 10.6. The number of ether oxygens (including phenoxy) is 2. The third-order valence-corrected chi connectivity index (χ3v) is 3.93. The first-order valence-corrected chi connectivity index (χ1v) is 8.22. The predicted molar refractivity (Wildman–Crippen MR) is 98.5 cm³/mol. The fourth-order valence-corrected chi connectivity index (χ4v) is 2.48. The fraction of sp³-hybridized carbons (Fsp3) is 0.200. The van der Waals surface area contributed by atoms with Crippen LogP contribution in [-0.4, -0.2) is 41.2 Å². The maximum absolute atomic E-state index is 13.1. The van der Waals surface area contributed by atoms with Gasteiger partial charge in [-0.15, -0.1) is 0 Å². The first-order valence-electron chi connectivity index (χ1n) is 8.22. The summed E-state index contributed by atoms with van der Waals surface area (Å²) < 4.78 is 23.6. The molecule has 0 aliphatic heterocycles. The summed E-state index contributed by atoms with van der Waals surface area (Å²) in [6.07, 6.45) is 0.627. The number of aliphatic hydroxyl groups excluding tert-OH is 1. The van der Waals surface area contributed by atoms with Crippen molar-refractivity contribution in [2.45, 2.75) is 13.1 Å². The average Bonchev–Trinajstić information content (AvgIpc) is 2.69. The van der Waals surface area contributed by atoms with Crippen LogP contribution in [0.4, 0.5) is 4.39 Å². The van der Waals surface area contributed by atoms with Crippen LogP contribution >= 0.6 is 0 Å². The lowest BCUT2D eigenvalue weighted by Crippen LogP contribution is -2.29. The molecule has 0 aliphatic rings. The van der Waals surface area contributed by atoms with Crippen molar-refractivity contribution >= 4 is 11.9 Å². The van der Waals surface area contributed by atoms with Gasteiger partial charge in [-0.05, 0) is 29.8 Å². The number of carbonyl (C=O) groups is 2. The zero-order chi connectivity index (χ0) is 20.7. The maximum atomic E-state index is 13.1. The smallest absolute Gasteiger partial charge is 0.371 e. The second kappa shape index (κ2) is 9.40. The molecule has 0 heterocycles. The van der Waals surface area contributed by atoms with Crippen LogP contribution in [-0.2, 0) is 22.7 Å². The number of halogens is 1. The second-order valence-electron chi connectivity index (χ2n) is 5.83. The van der Waals surface area contributed by atoms with Crippen molar-refractivity contribution in [2.75, 3.05) is 14.2 Å². The zero-order valence-corrected chi connectivity index (χ0v) is 15.4. The topological polar surface area (TPSA) is 96.3 Å². The van der Waals surface area contributed by atoms with Crippen LogP contribution in [0.25, 0.3) is 0 Å². The number of hydrogen-bond acceptors (Lipinski definition) is 5. The normalized spacial score (nSPS) is 11.0. The Balaban J connectivity index is 2.34. The molecule has 8 heteroatoms. The lowest BCUT2D eigenvalue weighted by Gasteiger charge is -2.23. The van der Waals surface area contributed by atoms with Gasteiger partial charge in [0.1, 0.15) is 17.3 Å². The first kappa shape index (κ1) is 20.8. The van der Waals surface area contributed by atoms with E-state index in [-0.39, 0.29) is 13.1 Å². The molecule has 0 saturated carbocycles. The summed E-state index contributed by atoms with van der Waals surface area (Å²) in [5, 5.41) is 18.2. The molecule has 2 aromatic rings. The van der Waals surface area contributed by atoms with Crippen molar-refractivity contribution in [3.8, 4) is 11.5 Å². The standard InChI is InChI=1S/C20H20FNO6/c1-27-16-8-5-14(18(9-16)28-2)12-22(19(24)10-17(23)20(25)26)11-13-3-6-15(21)7-4-13/h3-10,23H,11-12H2,1-2H3,(H,25,26)/b17-10-. The number of hydrogen-bond donors (Lipinski definition) is 2. The molecule has 0 unspecified atom stereocenters. The highest BCUT2D eigenvalue weighted by Gasteiger charge is 2.18. The Bertz CT molecular complexity index is 879. The van der Waals surface area contributed by atoms with Crippen LogP contribution in [0, 0.1) is 5.82 Å². The van der Waals surface area contributed by atoms with E-state index in [0.29, 0.717) is 28.7 Å². The second-order valence-corrected chi connectivity index (χ2v) is 5.83. The molecule has 2 N–H and O–H groups in total. The summed E-state index contributed by atoms with van der Waals surface area (Å²) in [4.78, 5) is 24.7. The van der Waals surface area contributed by atoms with Crippen LogP contribution in [0.15, 0.2) is 54.3 Å². The number of methoxy groups -OCH3 is 2. The number of benzene rings is 2. The number of rotatable bonds is 8. The number of carboxylic acids is 1. The third kappa shape index (κ3) is 5.47. The van der Waals surface area contributed by atoms with E-state index in [2.05, 4.69) is 0 Å².